The Morgan fingerprint density at radius 1 is 1.60 bits per heavy atom. The van der Waals surface area contributed by atoms with Crippen LogP contribution < -0.4 is 0 Å². The molecule has 0 aromatic carbocycles. The van der Waals surface area contributed by atoms with Crippen molar-refractivity contribution < 1.29 is 4.79 Å². The molecule has 0 bridgehead atoms. The highest BCUT2D eigenvalue weighted by atomic mass is 32.2. The van der Waals surface area contributed by atoms with Crippen LogP contribution in [0.2, 0.25) is 0 Å². The Kier molecular flexibility index (Phi) is 2.60. The highest BCUT2D eigenvalue weighted by Crippen LogP contribution is 2.22. The molecule has 1 aliphatic rings. The van der Waals surface area contributed by atoms with E-state index in [2.05, 4.69) is 13.8 Å². The fourth-order valence-electron chi connectivity index (χ4n) is 1.01. The maximum Gasteiger partial charge on any atom is 0.232 e. The normalized spacial score (nSPS) is 20.3. The van der Waals surface area contributed by atoms with Gasteiger partial charge in [0.15, 0.2) is 0 Å². The molecule has 0 atom stereocenters. The minimum atomic E-state index is 0.297. The van der Waals surface area contributed by atoms with E-state index in [1.54, 1.807) is 11.9 Å². The van der Waals surface area contributed by atoms with Crippen molar-refractivity contribution in [3.05, 3.63) is 0 Å². The molecule has 10 heavy (non-hydrogen) atoms. The summed E-state index contributed by atoms with van der Waals surface area (Å²) in [4.78, 5) is 11.1. The summed E-state index contributed by atoms with van der Waals surface area (Å²) < 4.78 is 1.88. The van der Waals surface area contributed by atoms with Gasteiger partial charge in [0.25, 0.3) is 0 Å². The van der Waals surface area contributed by atoms with Crippen molar-refractivity contribution in [2.24, 2.45) is 0 Å². The summed E-state index contributed by atoms with van der Waals surface area (Å²) in [7, 11) is 0. The molecular formula is C7H13NOS. The molecule has 3 heteroatoms. The lowest BCUT2D eigenvalue weighted by Crippen LogP contribution is -2.33. The van der Waals surface area contributed by atoms with Gasteiger partial charge in [0.2, 0.25) is 5.91 Å². The number of rotatable bonds is 1. The van der Waals surface area contributed by atoms with Gasteiger partial charge >= 0.3 is 0 Å². The second kappa shape index (κ2) is 3.28. The van der Waals surface area contributed by atoms with Gasteiger partial charge in [-0.15, -0.1) is 0 Å². The van der Waals surface area contributed by atoms with Gasteiger partial charge in [-0.1, -0.05) is 0 Å². The highest BCUT2D eigenvalue weighted by molar-refractivity contribution is 7.97. The summed E-state index contributed by atoms with van der Waals surface area (Å²) in [5.74, 6) is 1.40. The maximum atomic E-state index is 11.1. The number of carbonyl (C=O) groups excluding carboxylic acids is 1. The molecule has 1 heterocycles. The predicted molar refractivity (Wildman–Crippen MR) is 43.7 cm³/mol. The first-order chi connectivity index (χ1) is 4.72. The SMILES string of the molecule is CC(C)N1SCCCC1=O. The smallest absolute Gasteiger partial charge is 0.232 e. The van der Waals surface area contributed by atoms with Crippen molar-refractivity contribution in [1.82, 2.24) is 4.31 Å². The monoisotopic (exact) mass is 159 g/mol. The third kappa shape index (κ3) is 1.66. The molecule has 1 amide bonds. The van der Waals surface area contributed by atoms with Gasteiger partial charge < -0.3 is 0 Å². The number of hydrogen-bond donors (Lipinski definition) is 0. The third-order valence-corrected chi connectivity index (χ3v) is 2.85. The summed E-state index contributed by atoms with van der Waals surface area (Å²) in [6, 6.07) is 0.359. The molecule has 0 N–H and O–H groups in total. The van der Waals surface area contributed by atoms with E-state index in [0.717, 1.165) is 18.6 Å². The van der Waals surface area contributed by atoms with E-state index in [4.69, 9.17) is 0 Å². The Bertz CT molecular complexity index is 136. The van der Waals surface area contributed by atoms with E-state index < -0.39 is 0 Å². The average Bonchev–Trinajstić information content (AvgIpc) is 1.88. The number of carbonyl (C=O) groups is 1. The van der Waals surface area contributed by atoms with Gasteiger partial charge in [-0.3, -0.25) is 9.10 Å². The molecule has 2 nitrogen and oxygen atoms in total. The van der Waals surface area contributed by atoms with Crippen molar-refractivity contribution in [2.75, 3.05) is 5.75 Å². The predicted octanol–water partition coefficient (Wildman–Crippen LogP) is 1.67. The van der Waals surface area contributed by atoms with Crippen LogP contribution in [0.5, 0.6) is 0 Å². The van der Waals surface area contributed by atoms with Crippen LogP contribution in [0.25, 0.3) is 0 Å². The molecule has 0 radical (unpaired) electrons. The number of hydrogen-bond acceptors (Lipinski definition) is 2. The zero-order valence-corrected chi connectivity index (χ0v) is 7.28. The Morgan fingerprint density at radius 3 is 2.70 bits per heavy atom. The Hall–Kier alpha value is -0.180. The zero-order valence-electron chi connectivity index (χ0n) is 6.46. The summed E-state index contributed by atoms with van der Waals surface area (Å²) in [5.41, 5.74) is 0. The van der Waals surface area contributed by atoms with Gasteiger partial charge in [-0.05, 0) is 32.2 Å². The lowest BCUT2D eigenvalue weighted by Gasteiger charge is -2.28. The molecule has 0 spiro atoms. The van der Waals surface area contributed by atoms with Gasteiger partial charge in [0, 0.05) is 18.2 Å². The van der Waals surface area contributed by atoms with Crippen molar-refractivity contribution in [3.8, 4) is 0 Å². The van der Waals surface area contributed by atoms with E-state index in [1.165, 1.54) is 0 Å². The Balaban J connectivity index is 2.48. The maximum absolute atomic E-state index is 11.1. The molecule has 1 fully saturated rings. The van der Waals surface area contributed by atoms with Crippen LogP contribution in [0.4, 0.5) is 0 Å². The van der Waals surface area contributed by atoms with E-state index in [0.29, 0.717) is 11.9 Å². The number of amides is 1. The van der Waals surface area contributed by atoms with Crippen molar-refractivity contribution in [3.63, 3.8) is 0 Å². The average molecular weight is 159 g/mol. The molecule has 58 valence electrons. The van der Waals surface area contributed by atoms with Gasteiger partial charge in [0.05, 0.1) is 0 Å². The van der Waals surface area contributed by atoms with Gasteiger partial charge in [-0.2, -0.15) is 0 Å². The van der Waals surface area contributed by atoms with E-state index in [9.17, 15) is 4.79 Å². The lowest BCUT2D eigenvalue weighted by atomic mass is 10.3. The lowest BCUT2D eigenvalue weighted by molar-refractivity contribution is -0.127. The molecule has 0 saturated carbocycles. The standard InChI is InChI=1S/C7H13NOS/c1-6(2)8-7(9)4-3-5-10-8/h6H,3-5H2,1-2H3. The fraction of sp³-hybridized carbons (Fsp3) is 0.857. The summed E-state index contributed by atoms with van der Waals surface area (Å²) in [6.45, 7) is 4.10. The quantitative estimate of drug-likeness (QED) is 0.542. The molecular weight excluding hydrogens is 146 g/mol. The first-order valence-corrected chi connectivity index (χ1v) is 4.61. The van der Waals surface area contributed by atoms with E-state index in [1.807, 2.05) is 4.31 Å². The van der Waals surface area contributed by atoms with Crippen LogP contribution in [0, 0.1) is 0 Å². The second-order valence-electron chi connectivity index (χ2n) is 2.75. The van der Waals surface area contributed by atoms with Crippen molar-refractivity contribution >= 4 is 17.9 Å². The number of nitrogens with zero attached hydrogens (tertiary/aromatic N) is 1. The minimum absolute atomic E-state index is 0.297. The third-order valence-electron chi connectivity index (χ3n) is 1.48. The highest BCUT2D eigenvalue weighted by Gasteiger charge is 2.20. The summed E-state index contributed by atoms with van der Waals surface area (Å²) in [6.07, 6.45) is 1.79. The van der Waals surface area contributed by atoms with Crippen molar-refractivity contribution in [2.45, 2.75) is 32.7 Å². The fourth-order valence-corrected chi connectivity index (χ4v) is 2.01. The topological polar surface area (TPSA) is 20.3 Å². The first kappa shape index (κ1) is 7.92. The Labute approximate surface area is 66.1 Å². The largest absolute Gasteiger partial charge is 0.284 e. The molecule has 0 unspecified atom stereocenters. The second-order valence-corrected chi connectivity index (χ2v) is 3.81. The molecule has 1 rings (SSSR count). The van der Waals surface area contributed by atoms with E-state index in [-0.39, 0.29) is 0 Å². The molecule has 0 aromatic heterocycles. The molecule has 1 saturated heterocycles. The van der Waals surface area contributed by atoms with E-state index >= 15 is 0 Å². The van der Waals surface area contributed by atoms with Crippen molar-refractivity contribution in [1.29, 1.82) is 0 Å². The molecule has 0 aliphatic carbocycles. The van der Waals surface area contributed by atoms with Gasteiger partial charge in [-0.25, -0.2) is 0 Å². The van der Waals surface area contributed by atoms with Crippen LogP contribution in [0.1, 0.15) is 26.7 Å². The van der Waals surface area contributed by atoms with Crippen LogP contribution >= 0.6 is 11.9 Å². The first-order valence-electron chi connectivity index (χ1n) is 3.67. The zero-order chi connectivity index (χ0) is 7.56. The van der Waals surface area contributed by atoms with Crippen LogP contribution in [0.15, 0.2) is 0 Å². The molecule has 1 aliphatic heterocycles. The summed E-state index contributed by atoms with van der Waals surface area (Å²) in [5, 5.41) is 0. The minimum Gasteiger partial charge on any atom is -0.284 e. The van der Waals surface area contributed by atoms with Crippen LogP contribution in [-0.4, -0.2) is 22.0 Å². The van der Waals surface area contributed by atoms with Gasteiger partial charge in [0.1, 0.15) is 0 Å². The Morgan fingerprint density at radius 2 is 2.30 bits per heavy atom. The summed E-state index contributed by atoms with van der Waals surface area (Å²) >= 11 is 1.66. The van der Waals surface area contributed by atoms with Crippen LogP contribution in [-0.2, 0) is 4.79 Å². The van der Waals surface area contributed by atoms with Crippen LogP contribution in [0.3, 0.4) is 0 Å². The molecule has 0 aromatic rings.